The second kappa shape index (κ2) is 16.2. The summed E-state index contributed by atoms with van der Waals surface area (Å²) in [7, 11) is 1.73. The maximum Gasteiger partial charge on any atom is 0.314 e. The van der Waals surface area contributed by atoms with Gasteiger partial charge in [-0.3, -0.25) is 14.4 Å². The number of carbonyl (C=O) groups is 4. The van der Waals surface area contributed by atoms with Crippen LogP contribution >= 0.6 is 0 Å². The smallest absolute Gasteiger partial charge is 0.314 e. The first-order chi connectivity index (χ1) is 22.9. The van der Waals surface area contributed by atoms with Crippen LogP contribution in [0.3, 0.4) is 0 Å². The van der Waals surface area contributed by atoms with E-state index in [0.717, 1.165) is 16.7 Å². The van der Waals surface area contributed by atoms with E-state index in [4.69, 9.17) is 0 Å². The SMILES string of the molecule is CCNC(=O)NCC1CC[C@H]2CC[C@@H](C(=O)NC(c3ccccc3)c3ccccc3)N2C(=O)C1NC(=O)C(Cc1ccccc1)NC. The summed E-state index contributed by atoms with van der Waals surface area (Å²) in [5.74, 6) is -1.16. The molecule has 0 spiro atoms. The van der Waals surface area contributed by atoms with Crippen molar-refractivity contribution in [2.75, 3.05) is 20.1 Å². The van der Waals surface area contributed by atoms with Crippen molar-refractivity contribution in [2.24, 2.45) is 5.92 Å². The van der Waals surface area contributed by atoms with Crippen LogP contribution < -0.4 is 26.6 Å². The van der Waals surface area contributed by atoms with Crippen LogP contribution in [-0.4, -0.2) is 73.0 Å². The van der Waals surface area contributed by atoms with Crippen LogP contribution in [0.2, 0.25) is 0 Å². The molecule has 0 saturated carbocycles. The monoisotopic (exact) mass is 638 g/mol. The van der Waals surface area contributed by atoms with Gasteiger partial charge in [-0.1, -0.05) is 91.0 Å². The third-order valence-corrected chi connectivity index (χ3v) is 9.33. The van der Waals surface area contributed by atoms with Gasteiger partial charge in [-0.05, 0) is 62.8 Å². The molecule has 5 N–H and O–H groups in total. The Morgan fingerprint density at radius 1 is 0.809 bits per heavy atom. The Hall–Kier alpha value is -4.70. The molecule has 5 atom stereocenters. The molecule has 2 saturated heterocycles. The normalized spacial score (nSPS) is 21.3. The summed E-state index contributed by atoms with van der Waals surface area (Å²) in [5, 5.41) is 15.0. The average Bonchev–Trinajstić information content (AvgIpc) is 3.48. The van der Waals surface area contributed by atoms with Gasteiger partial charge in [-0.15, -0.1) is 0 Å². The molecule has 10 nitrogen and oxygen atoms in total. The molecule has 5 amide bonds. The largest absolute Gasteiger partial charge is 0.343 e. The second-order valence-corrected chi connectivity index (χ2v) is 12.4. The molecule has 2 aliphatic rings. The third kappa shape index (κ3) is 8.37. The van der Waals surface area contributed by atoms with Gasteiger partial charge in [-0.25, -0.2) is 4.79 Å². The lowest BCUT2D eigenvalue weighted by atomic mass is 9.92. The van der Waals surface area contributed by atoms with Crippen molar-refractivity contribution in [3.05, 3.63) is 108 Å². The van der Waals surface area contributed by atoms with E-state index in [1.165, 1.54) is 0 Å². The van der Waals surface area contributed by atoms with Gasteiger partial charge in [0.25, 0.3) is 0 Å². The van der Waals surface area contributed by atoms with E-state index >= 15 is 0 Å². The summed E-state index contributed by atoms with van der Waals surface area (Å²) in [6.45, 7) is 2.52. The van der Waals surface area contributed by atoms with Crippen LogP contribution in [0.1, 0.15) is 55.3 Å². The molecule has 3 aromatic rings. The molecule has 0 aliphatic carbocycles. The Bertz CT molecular complexity index is 1450. The van der Waals surface area contributed by atoms with E-state index in [1.807, 2.05) is 97.9 Å². The highest BCUT2D eigenvalue weighted by Gasteiger charge is 2.48. The standard InChI is InChI=1S/C37H46N6O4/c1-3-39-37(47)40-24-28-19-20-29-21-22-31(35(45)41-32(26-15-9-5-10-16-26)27-17-11-6-12-18-27)43(29)36(46)33(28)42-34(44)30(38-2)23-25-13-7-4-8-14-25/h4-18,28-33,38H,3,19-24H2,1-2H3,(H,41,45)(H,42,44)(H2,39,40,47)/t28?,29-,30?,31-,33?/m0/s1. The summed E-state index contributed by atoms with van der Waals surface area (Å²) in [4.78, 5) is 56.4. The van der Waals surface area contributed by atoms with Crippen LogP contribution in [0.25, 0.3) is 0 Å². The third-order valence-electron chi connectivity index (χ3n) is 9.33. The first kappa shape index (κ1) is 33.7. The van der Waals surface area contributed by atoms with Crippen molar-refractivity contribution < 1.29 is 19.2 Å². The number of likely N-dealkylation sites (N-methyl/N-ethyl adjacent to an activating group) is 1. The van der Waals surface area contributed by atoms with Crippen molar-refractivity contribution in [1.82, 2.24) is 31.5 Å². The molecule has 2 fully saturated rings. The van der Waals surface area contributed by atoms with Crippen molar-refractivity contribution >= 4 is 23.8 Å². The van der Waals surface area contributed by atoms with Crippen LogP contribution in [0.4, 0.5) is 4.79 Å². The summed E-state index contributed by atoms with van der Waals surface area (Å²) in [6, 6.07) is 26.3. The number of hydrogen-bond acceptors (Lipinski definition) is 5. The minimum atomic E-state index is -0.909. The highest BCUT2D eigenvalue weighted by molar-refractivity contribution is 5.94. The predicted octanol–water partition coefficient (Wildman–Crippen LogP) is 3.30. The zero-order chi connectivity index (χ0) is 33.2. The minimum Gasteiger partial charge on any atom is -0.343 e. The topological polar surface area (TPSA) is 132 Å². The van der Waals surface area contributed by atoms with E-state index in [-0.39, 0.29) is 48.3 Å². The average molecular weight is 639 g/mol. The highest BCUT2D eigenvalue weighted by Crippen LogP contribution is 2.35. The number of amides is 5. The molecule has 10 heteroatoms. The van der Waals surface area contributed by atoms with E-state index in [1.54, 1.807) is 11.9 Å². The van der Waals surface area contributed by atoms with Crippen LogP contribution in [0, 0.1) is 5.92 Å². The number of urea groups is 1. The highest BCUT2D eigenvalue weighted by atomic mass is 16.2. The number of carbonyl (C=O) groups excluding carboxylic acids is 4. The molecular formula is C37H46N6O4. The van der Waals surface area contributed by atoms with Crippen molar-refractivity contribution in [2.45, 2.75) is 69.2 Å². The Morgan fingerprint density at radius 3 is 2.00 bits per heavy atom. The summed E-state index contributed by atoms with van der Waals surface area (Å²) >= 11 is 0. The number of fused-ring (bicyclic) bond motifs is 1. The van der Waals surface area contributed by atoms with E-state index in [9.17, 15) is 19.2 Å². The molecule has 2 aliphatic heterocycles. The molecular weight excluding hydrogens is 592 g/mol. The van der Waals surface area contributed by atoms with Gasteiger partial charge < -0.3 is 31.5 Å². The van der Waals surface area contributed by atoms with E-state index in [0.29, 0.717) is 38.6 Å². The van der Waals surface area contributed by atoms with Crippen molar-refractivity contribution in [1.29, 1.82) is 0 Å². The fraction of sp³-hybridized carbons (Fsp3) is 0.405. The van der Waals surface area contributed by atoms with Gasteiger partial charge in [0.1, 0.15) is 12.1 Å². The molecule has 3 unspecified atom stereocenters. The Balaban J connectivity index is 1.38. The molecule has 0 bridgehead atoms. The minimum absolute atomic E-state index is 0.136. The zero-order valence-electron chi connectivity index (χ0n) is 27.2. The van der Waals surface area contributed by atoms with Crippen LogP contribution in [-0.2, 0) is 20.8 Å². The van der Waals surface area contributed by atoms with E-state index < -0.39 is 18.1 Å². The molecule has 2 heterocycles. The van der Waals surface area contributed by atoms with E-state index in [2.05, 4.69) is 26.6 Å². The lowest BCUT2D eigenvalue weighted by Gasteiger charge is -2.33. The summed E-state index contributed by atoms with van der Waals surface area (Å²) in [6.07, 6.45) is 2.95. The number of benzene rings is 3. The van der Waals surface area contributed by atoms with Gasteiger partial charge >= 0.3 is 6.03 Å². The molecule has 0 aromatic heterocycles. The van der Waals surface area contributed by atoms with Gasteiger partial charge in [0, 0.05) is 25.0 Å². The summed E-state index contributed by atoms with van der Waals surface area (Å²) in [5.41, 5.74) is 2.88. The summed E-state index contributed by atoms with van der Waals surface area (Å²) < 4.78 is 0. The first-order valence-corrected chi connectivity index (χ1v) is 16.6. The second-order valence-electron chi connectivity index (χ2n) is 12.4. The number of hydrogen-bond donors (Lipinski definition) is 5. The predicted molar refractivity (Wildman–Crippen MR) is 181 cm³/mol. The fourth-order valence-electron chi connectivity index (χ4n) is 6.86. The van der Waals surface area contributed by atoms with Gasteiger partial charge in [-0.2, -0.15) is 0 Å². The molecule has 5 rings (SSSR count). The number of rotatable bonds is 12. The van der Waals surface area contributed by atoms with Gasteiger partial charge in [0.15, 0.2) is 0 Å². The maximum atomic E-state index is 14.5. The molecule has 0 radical (unpaired) electrons. The van der Waals surface area contributed by atoms with Crippen molar-refractivity contribution in [3.63, 3.8) is 0 Å². The number of nitrogens with one attached hydrogen (secondary N) is 5. The lowest BCUT2D eigenvalue weighted by molar-refractivity contribution is -0.143. The van der Waals surface area contributed by atoms with Crippen molar-refractivity contribution in [3.8, 4) is 0 Å². The Labute approximate surface area is 277 Å². The fourth-order valence-corrected chi connectivity index (χ4v) is 6.86. The quantitative estimate of drug-likeness (QED) is 0.208. The molecule has 248 valence electrons. The van der Waals surface area contributed by atoms with Gasteiger partial charge in [0.05, 0.1) is 12.1 Å². The molecule has 47 heavy (non-hydrogen) atoms. The first-order valence-electron chi connectivity index (χ1n) is 16.6. The van der Waals surface area contributed by atoms with Crippen LogP contribution in [0.5, 0.6) is 0 Å². The number of nitrogens with zero attached hydrogens (tertiary/aromatic N) is 1. The maximum absolute atomic E-state index is 14.5. The zero-order valence-corrected chi connectivity index (χ0v) is 27.2. The lowest BCUT2D eigenvalue weighted by Crippen LogP contribution is -2.59. The molecule has 3 aromatic carbocycles. The Morgan fingerprint density at radius 2 is 1.40 bits per heavy atom. The Kier molecular flexibility index (Phi) is 11.6. The van der Waals surface area contributed by atoms with Gasteiger partial charge in [0.2, 0.25) is 17.7 Å². The van der Waals surface area contributed by atoms with Crippen LogP contribution in [0.15, 0.2) is 91.0 Å².